The fourth-order valence-corrected chi connectivity index (χ4v) is 3.92. The van der Waals surface area contributed by atoms with Gasteiger partial charge >= 0.3 is 0 Å². The molecule has 0 aromatic heterocycles. The van der Waals surface area contributed by atoms with Crippen molar-refractivity contribution in [2.45, 2.75) is 69.2 Å². The Morgan fingerprint density at radius 1 is 1.20 bits per heavy atom. The highest BCUT2D eigenvalue weighted by Gasteiger charge is 2.40. The van der Waals surface area contributed by atoms with Crippen molar-refractivity contribution in [3.63, 3.8) is 0 Å². The fraction of sp³-hybridized carbons (Fsp3) is 0.765. The number of rotatable bonds is 5. The number of aliphatic hydroxyl groups is 2. The van der Waals surface area contributed by atoms with E-state index in [0.29, 0.717) is 24.4 Å². The van der Waals surface area contributed by atoms with Gasteiger partial charge in [0.1, 0.15) is 6.10 Å². The zero-order valence-electron chi connectivity index (χ0n) is 12.0. The summed E-state index contributed by atoms with van der Waals surface area (Å²) in [6.45, 7) is 1.10. The summed E-state index contributed by atoms with van der Waals surface area (Å²) < 4.78 is 0. The summed E-state index contributed by atoms with van der Waals surface area (Å²) in [5.41, 5.74) is 0. The summed E-state index contributed by atoms with van der Waals surface area (Å²) in [6.07, 6.45) is 15.9. The molecule has 2 rings (SSSR count). The first-order valence-electron chi connectivity index (χ1n) is 7.68. The van der Waals surface area contributed by atoms with E-state index < -0.39 is 12.2 Å². The van der Waals surface area contributed by atoms with E-state index in [9.17, 15) is 10.2 Å². The standard InChI is InChI=1S/C17H25NO2/c1-3-5-7-13-9-10-14(12-17(20)16(19)4-2)18-11-6-8-15(13)18/h1-2,13-17,19-20H,5-12H2/t13-,14-,15+,16-,17-/m1/s1. The number of hydrogen-bond donors (Lipinski definition) is 2. The molecule has 0 saturated carbocycles. The molecule has 5 atom stereocenters. The predicted octanol–water partition coefficient (Wildman–Crippen LogP) is 1.39. The molecule has 20 heavy (non-hydrogen) atoms. The van der Waals surface area contributed by atoms with E-state index in [1.54, 1.807) is 0 Å². The number of piperidine rings is 1. The Labute approximate surface area is 122 Å². The maximum atomic E-state index is 9.95. The first kappa shape index (κ1) is 15.4. The highest BCUT2D eigenvalue weighted by Crippen LogP contribution is 2.38. The highest BCUT2D eigenvalue weighted by atomic mass is 16.3. The summed E-state index contributed by atoms with van der Waals surface area (Å²) >= 11 is 0. The van der Waals surface area contributed by atoms with Gasteiger partial charge in [-0.3, -0.25) is 4.90 Å². The molecule has 2 fully saturated rings. The third-order valence-electron chi connectivity index (χ3n) is 4.93. The minimum absolute atomic E-state index is 0.350. The largest absolute Gasteiger partial charge is 0.389 e. The van der Waals surface area contributed by atoms with Crippen LogP contribution in [0.4, 0.5) is 0 Å². The van der Waals surface area contributed by atoms with E-state index in [0.717, 1.165) is 25.8 Å². The van der Waals surface area contributed by atoms with Crippen LogP contribution in [0, 0.1) is 30.6 Å². The Bertz CT molecular complexity index is 395. The summed E-state index contributed by atoms with van der Waals surface area (Å²) in [5, 5.41) is 19.5. The molecule has 3 nitrogen and oxygen atoms in total. The molecule has 0 aromatic carbocycles. The second-order valence-corrected chi connectivity index (χ2v) is 6.10. The van der Waals surface area contributed by atoms with Crippen LogP contribution in [-0.2, 0) is 0 Å². The number of hydrogen-bond acceptors (Lipinski definition) is 3. The van der Waals surface area contributed by atoms with Gasteiger partial charge in [0.05, 0.1) is 6.10 Å². The topological polar surface area (TPSA) is 43.7 Å². The van der Waals surface area contributed by atoms with Gasteiger partial charge in [0.25, 0.3) is 0 Å². The van der Waals surface area contributed by atoms with Crippen molar-refractivity contribution in [3.8, 4) is 24.7 Å². The first-order valence-corrected chi connectivity index (χ1v) is 7.68. The van der Waals surface area contributed by atoms with Crippen molar-refractivity contribution in [3.05, 3.63) is 0 Å². The molecule has 0 bridgehead atoms. The van der Waals surface area contributed by atoms with Crippen LogP contribution in [0.1, 0.15) is 44.9 Å². The minimum atomic E-state index is -1.05. The zero-order valence-corrected chi connectivity index (χ0v) is 12.0. The van der Waals surface area contributed by atoms with Crippen LogP contribution in [-0.4, -0.2) is 45.9 Å². The van der Waals surface area contributed by atoms with Crippen LogP contribution in [0.15, 0.2) is 0 Å². The third kappa shape index (κ3) is 3.36. The van der Waals surface area contributed by atoms with E-state index in [4.69, 9.17) is 12.8 Å². The van der Waals surface area contributed by atoms with Crippen LogP contribution in [0.2, 0.25) is 0 Å². The van der Waals surface area contributed by atoms with Crippen molar-refractivity contribution in [1.82, 2.24) is 4.90 Å². The van der Waals surface area contributed by atoms with Crippen molar-refractivity contribution in [1.29, 1.82) is 0 Å². The molecule has 2 aliphatic rings. The van der Waals surface area contributed by atoms with Gasteiger partial charge in [-0.2, -0.15) is 0 Å². The van der Waals surface area contributed by atoms with E-state index in [2.05, 4.69) is 16.7 Å². The van der Waals surface area contributed by atoms with E-state index in [-0.39, 0.29) is 0 Å². The Kier molecular flexibility index (Phi) is 5.49. The Morgan fingerprint density at radius 2 is 2.00 bits per heavy atom. The maximum absolute atomic E-state index is 9.95. The Balaban J connectivity index is 1.94. The molecule has 0 spiro atoms. The summed E-state index contributed by atoms with van der Waals surface area (Å²) in [6, 6.07) is 0.958. The molecule has 0 amide bonds. The van der Waals surface area contributed by atoms with Crippen LogP contribution in [0.25, 0.3) is 0 Å². The van der Waals surface area contributed by atoms with Crippen molar-refractivity contribution < 1.29 is 10.2 Å². The van der Waals surface area contributed by atoms with Gasteiger partial charge < -0.3 is 10.2 Å². The van der Waals surface area contributed by atoms with Gasteiger partial charge in [-0.25, -0.2) is 0 Å². The molecule has 0 radical (unpaired) electrons. The molecule has 2 saturated heterocycles. The lowest BCUT2D eigenvalue weighted by Crippen LogP contribution is -2.49. The number of terminal acetylenes is 2. The minimum Gasteiger partial charge on any atom is -0.389 e. The number of fused-ring (bicyclic) bond motifs is 1. The maximum Gasteiger partial charge on any atom is 0.140 e. The predicted molar refractivity (Wildman–Crippen MR) is 79.8 cm³/mol. The first-order chi connectivity index (χ1) is 9.67. The molecule has 0 aliphatic carbocycles. The lowest BCUT2D eigenvalue weighted by atomic mass is 9.81. The van der Waals surface area contributed by atoms with Gasteiger partial charge in [-0.15, -0.1) is 18.8 Å². The van der Waals surface area contributed by atoms with E-state index in [1.165, 1.54) is 19.3 Å². The molecule has 2 N–H and O–H groups in total. The highest BCUT2D eigenvalue weighted by molar-refractivity contribution is 5.01. The van der Waals surface area contributed by atoms with Crippen LogP contribution in [0.3, 0.4) is 0 Å². The Hall–Kier alpha value is -1.00. The molecule has 0 unspecified atom stereocenters. The second-order valence-electron chi connectivity index (χ2n) is 6.10. The lowest BCUT2D eigenvalue weighted by molar-refractivity contribution is -0.000785. The average Bonchev–Trinajstić information content (AvgIpc) is 2.95. The van der Waals surface area contributed by atoms with Gasteiger partial charge in [-0.05, 0) is 51.0 Å². The van der Waals surface area contributed by atoms with Crippen molar-refractivity contribution in [2.24, 2.45) is 5.92 Å². The molecular weight excluding hydrogens is 250 g/mol. The second kappa shape index (κ2) is 7.14. The Morgan fingerprint density at radius 3 is 2.70 bits per heavy atom. The van der Waals surface area contributed by atoms with Crippen molar-refractivity contribution >= 4 is 0 Å². The molecule has 2 heterocycles. The van der Waals surface area contributed by atoms with Crippen LogP contribution < -0.4 is 0 Å². The summed E-state index contributed by atoms with van der Waals surface area (Å²) in [7, 11) is 0. The summed E-state index contributed by atoms with van der Waals surface area (Å²) in [4.78, 5) is 2.52. The lowest BCUT2D eigenvalue weighted by Gasteiger charge is -2.43. The molecule has 3 heteroatoms. The molecule has 0 aromatic rings. The van der Waals surface area contributed by atoms with Gasteiger partial charge in [0.2, 0.25) is 0 Å². The number of nitrogens with zero attached hydrogens (tertiary/aromatic N) is 1. The van der Waals surface area contributed by atoms with Crippen LogP contribution in [0.5, 0.6) is 0 Å². The molecule has 2 aliphatic heterocycles. The van der Waals surface area contributed by atoms with E-state index in [1.807, 2.05) is 0 Å². The average molecular weight is 275 g/mol. The van der Waals surface area contributed by atoms with E-state index >= 15 is 0 Å². The van der Waals surface area contributed by atoms with Gasteiger partial charge in [0, 0.05) is 18.5 Å². The van der Waals surface area contributed by atoms with Crippen LogP contribution >= 0.6 is 0 Å². The fourth-order valence-electron chi connectivity index (χ4n) is 3.92. The van der Waals surface area contributed by atoms with Gasteiger partial charge in [0.15, 0.2) is 0 Å². The SMILES string of the molecule is C#CCC[C@@H]1CC[C@H](C[C@@H](O)[C@H](O)C#C)N2CCC[C@@H]12. The van der Waals surface area contributed by atoms with Crippen molar-refractivity contribution in [2.75, 3.05) is 6.54 Å². The molecule has 110 valence electrons. The smallest absolute Gasteiger partial charge is 0.140 e. The zero-order chi connectivity index (χ0) is 14.5. The third-order valence-corrected chi connectivity index (χ3v) is 4.93. The molecular formula is C17H25NO2. The quantitative estimate of drug-likeness (QED) is 0.745. The summed E-state index contributed by atoms with van der Waals surface area (Å²) in [5.74, 6) is 5.66. The van der Waals surface area contributed by atoms with Gasteiger partial charge in [-0.1, -0.05) is 5.92 Å². The normalized spacial score (nSPS) is 32.9. The monoisotopic (exact) mass is 275 g/mol. The number of aliphatic hydroxyl groups excluding tert-OH is 2.